The number of benzene rings is 1. The summed E-state index contributed by atoms with van der Waals surface area (Å²) in [6, 6.07) is 7.77. The molecule has 2 rings (SSSR count). The molecule has 0 unspecified atom stereocenters. The largest absolute Gasteiger partial charge is 0.356 e. The van der Waals surface area contributed by atoms with Crippen LogP contribution >= 0.6 is 12.6 Å². The van der Waals surface area contributed by atoms with Crippen LogP contribution in [0.1, 0.15) is 5.69 Å². The van der Waals surface area contributed by atoms with Gasteiger partial charge < -0.3 is 4.52 Å². The monoisotopic (exact) mass is 165 g/mol. The average molecular weight is 165 g/mol. The Hall–Kier alpha value is -0.960. The maximum Gasteiger partial charge on any atom is 0.167 e. The summed E-state index contributed by atoms with van der Waals surface area (Å²) in [7, 11) is 0. The van der Waals surface area contributed by atoms with E-state index in [1.807, 2.05) is 24.3 Å². The third kappa shape index (κ3) is 1.01. The molecule has 0 aliphatic carbocycles. The molecule has 1 aromatic carbocycles. The number of hydrogen-bond donors (Lipinski definition) is 1. The summed E-state index contributed by atoms with van der Waals surface area (Å²) < 4.78 is 5.04. The molecule has 0 aliphatic heterocycles. The van der Waals surface area contributed by atoms with Crippen LogP contribution in [0, 0.1) is 0 Å². The molecule has 1 aromatic heterocycles. The van der Waals surface area contributed by atoms with Gasteiger partial charge in [0.05, 0.1) is 0 Å². The van der Waals surface area contributed by atoms with Gasteiger partial charge in [-0.2, -0.15) is 12.6 Å². The molecule has 2 aromatic rings. The Bertz CT molecular complexity index is 369. The Morgan fingerprint density at radius 3 is 3.00 bits per heavy atom. The van der Waals surface area contributed by atoms with Crippen LogP contribution in [0.3, 0.4) is 0 Å². The van der Waals surface area contributed by atoms with Crippen molar-refractivity contribution in [3.63, 3.8) is 0 Å². The molecule has 3 heteroatoms. The van der Waals surface area contributed by atoms with Crippen molar-refractivity contribution >= 4 is 23.6 Å². The third-order valence-electron chi connectivity index (χ3n) is 1.60. The first-order chi connectivity index (χ1) is 5.42. The highest BCUT2D eigenvalue weighted by molar-refractivity contribution is 7.79. The van der Waals surface area contributed by atoms with Gasteiger partial charge in [-0.3, -0.25) is 0 Å². The minimum atomic E-state index is 0.622. The first-order valence-corrected chi connectivity index (χ1v) is 3.99. The van der Waals surface area contributed by atoms with Gasteiger partial charge in [-0.15, -0.1) is 0 Å². The number of fused-ring (bicyclic) bond motifs is 1. The smallest absolute Gasteiger partial charge is 0.167 e. The van der Waals surface area contributed by atoms with E-state index in [2.05, 4.69) is 17.8 Å². The Morgan fingerprint density at radius 2 is 2.18 bits per heavy atom. The van der Waals surface area contributed by atoms with E-state index in [1.165, 1.54) is 0 Å². The lowest BCUT2D eigenvalue weighted by Gasteiger charge is -1.85. The SMILES string of the molecule is SCc1noc2ccccc12. The van der Waals surface area contributed by atoms with E-state index in [1.54, 1.807) is 0 Å². The molecule has 0 saturated carbocycles. The second-order valence-corrected chi connectivity index (χ2v) is 2.60. The minimum absolute atomic E-state index is 0.622. The Kier molecular flexibility index (Phi) is 1.58. The lowest BCUT2D eigenvalue weighted by molar-refractivity contribution is 0.449. The number of para-hydroxylation sites is 1. The molecule has 0 bridgehead atoms. The van der Waals surface area contributed by atoms with Gasteiger partial charge in [-0.1, -0.05) is 17.3 Å². The standard InChI is InChI=1S/C8H7NOS/c11-5-7-6-3-1-2-4-8(6)10-9-7/h1-4,11H,5H2. The van der Waals surface area contributed by atoms with Gasteiger partial charge >= 0.3 is 0 Å². The predicted octanol–water partition coefficient (Wildman–Crippen LogP) is 2.26. The van der Waals surface area contributed by atoms with E-state index in [0.717, 1.165) is 16.7 Å². The van der Waals surface area contributed by atoms with Crippen LogP contribution < -0.4 is 0 Å². The molecule has 1 heterocycles. The van der Waals surface area contributed by atoms with Gasteiger partial charge in [0.1, 0.15) is 5.69 Å². The highest BCUT2D eigenvalue weighted by Gasteiger charge is 2.03. The maximum absolute atomic E-state index is 5.04. The number of aromatic nitrogens is 1. The van der Waals surface area contributed by atoms with Crippen LogP contribution in [0.25, 0.3) is 11.0 Å². The lowest BCUT2D eigenvalue weighted by atomic mass is 10.2. The number of hydrogen-bond acceptors (Lipinski definition) is 3. The quantitative estimate of drug-likeness (QED) is 0.656. The Morgan fingerprint density at radius 1 is 1.36 bits per heavy atom. The maximum atomic E-state index is 5.04. The van der Waals surface area contributed by atoms with Crippen molar-refractivity contribution in [3.05, 3.63) is 30.0 Å². The molecule has 0 atom stereocenters. The van der Waals surface area contributed by atoms with Crippen LogP contribution in [-0.4, -0.2) is 5.16 Å². The van der Waals surface area contributed by atoms with Crippen molar-refractivity contribution < 1.29 is 4.52 Å². The molecule has 0 saturated heterocycles. The fraction of sp³-hybridized carbons (Fsp3) is 0.125. The molecule has 0 fully saturated rings. The van der Waals surface area contributed by atoms with Crippen LogP contribution in [0.2, 0.25) is 0 Å². The van der Waals surface area contributed by atoms with E-state index in [-0.39, 0.29) is 0 Å². The van der Waals surface area contributed by atoms with Crippen molar-refractivity contribution in [3.8, 4) is 0 Å². The molecule has 0 spiro atoms. The zero-order chi connectivity index (χ0) is 7.68. The summed E-state index contributed by atoms with van der Waals surface area (Å²) in [5.74, 6) is 0.622. The molecule has 0 aliphatic rings. The van der Waals surface area contributed by atoms with E-state index in [9.17, 15) is 0 Å². The van der Waals surface area contributed by atoms with Crippen molar-refractivity contribution in [1.29, 1.82) is 0 Å². The second kappa shape index (κ2) is 2.58. The van der Waals surface area contributed by atoms with Gasteiger partial charge in [0.25, 0.3) is 0 Å². The van der Waals surface area contributed by atoms with Crippen LogP contribution in [0.4, 0.5) is 0 Å². The molecule has 2 nitrogen and oxygen atoms in total. The summed E-state index contributed by atoms with van der Waals surface area (Å²) in [5, 5.41) is 4.92. The van der Waals surface area contributed by atoms with Crippen molar-refractivity contribution in [1.82, 2.24) is 5.16 Å². The topological polar surface area (TPSA) is 26.0 Å². The summed E-state index contributed by atoms with van der Waals surface area (Å²) in [4.78, 5) is 0. The number of nitrogens with zero attached hydrogens (tertiary/aromatic N) is 1. The van der Waals surface area contributed by atoms with Crippen molar-refractivity contribution in [2.75, 3.05) is 0 Å². The molecule has 11 heavy (non-hydrogen) atoms. The van der Waals surface area contributed by atoms with Crippen LogP contribution in [0.15, 0.2) is 28.8 Å². The van der Waals surface area contributed by atoms with Gasteiger partial charge in [-0.25, -0.2) is 0 Å². The van der Waals surface area contributed by atoms with Gasteiger partial charge in [0, 0.05) is 11.1 Å². The van der Waals surface area contributed by atoms with E-state index < -0.39 is 0 Å². The summed E-state index contributed by atoms with van der Waals surface area (Å²) in [6.45, 7) is 0. The Balaban J connectivity index is 2.76. The molecular weight excluding hydrogens is 158 g/mol. The zero-order valence-electron chi connectivity index (χ0n) is 5.82. The van der Waals surface area contributed by atoms with Gasteiger partial charge in [0.15, 0.2) is 5.58 Å². The first-order valence-electron chi connectivity index (χ1n) is 3.36. The fourth-order valence-electron chi connectivity index (χ4n) is 1.05. The number of thiol groups is 1. The molecule has 0 radical (unpaired) electrons. The summed E-state index contributed by atoms with van der Waals surface area (Å²) in [6.07, 6.45) is 0. The molecule has 0 amide bonds. The number of rotatable bonds is 1. The zero-order valence-corrected chi connectivity index (χ0v) is 6.71. The van der Waals surface area contributed by atoms with Crippen LogP contribution in [0.5, 0.6) is 0 Å². The summed E-state index contributed by atoms with van der Waals surface area (Å²) >= 11 is 4.13. The normalized spacial score (nSPS) is 10.6. The second-order valence-electron chi connectivity index (χ2n) is 2.28. The molecular formula is C8H7NOS. The van der Waals surface area contributed by atoms with Crippen molar-refractivity contribution in [2.45, 2.75) is 5.75 Å². The first kappa shape index (κ1) is 6.73. The van der Waals surface area contributed by atoms with E-state index in [0.29, 0.717) is 5.75 Å². The van der Waals surface area contributed by atoms with E-state index in [4.69, 9.17) is 4.52 Å². The minimum Gasteiger partial charge on any atom is -0.356 e. The molecule has 0 N–H and O–H groups in total. The highest BCUT2D eigenvalue weighted by atomic mass is 32.1. The molecule has 56 valence electrons. The fourth-order valence-corrected chi connectivity index (χ4v) is 1.28. The van der Waals surface area contributed by atoms with Gasteiger partial charge in [-0.05, 0) is 12.1 Å². The summed E-state index contributed by atoms with van der Waals surface area (Å²) in [5.41, 5.74) is 1.74. The predicted molar refractivity (Wildman–Crippen MR) is 46.7 cm³/mol. The van der Waals surface area contributed by atoms with E-state index >= 15 is 0 Å². The average Bonchev–Trinajstić information content (AvgIpc) is 2.47. The van der Waals surface area contributed by atoms with Crippen molar-refractivity contribution in [2.24, 2.45) is 0 Å². The Labute approximate surface area is 69.6 Å². The van der Waals surface area contributed by atoms with Crippen LogP contribution in [-0.2, 0) is 5.75 Å². The lowest BCUT2D eigenvalue weighted by Crippen LogP contribution is -1.74. The third-order valence-corrected chi connectivity index (χ3v) is 1.90. The van der Waals surface area contributed by atoms with Gasteiger partial charge in [0.2, 0.25) is 0 Å². The highest BCUT2D eigenvalue weighted by Crippen LogP contribution is 2.18.